The van der Waals surface area contributed by atoms with Gasteiger partial charge in [-0.15, -0.1) is 23.2 Å². The van der Waals surface area contributed by atoms with Gasteiger partial charge in [-0.25, -0.2) is 0 Å². The number of alkyl halides is 2. The third kappa shape index (κ3) is 8.19. The van der Waals surface area contributed by atoms with Crippen LogP contribution < -0.4 is 0 Å². The van der Waals surface area contributed by atoms with Crippen LogP contribution in [0.15, 0.2) is 0 Å². The second-order valence-electron chi connectivity index (χ2n) is 2.49. The van der Waals surface area contributed by atoms with E-state index in [-0.39, 0.29) is 18.1 Å². The van der Waals surface area contributed by atoms with E-state index in [0.717, 1.165) is 0 Å². The Balaban J connectivity index is 3.59. The minimum Gasteiger partial charge on any atom is -0.310 e. The fraction of sp³-hybridized carbons (Fsp3) is 1.00. The fourth-order valence-corrected chi connectivity index (χ4v) is 1.66. The number of hydrogen-bond donors (Lipinski definition) is 0. The molecule has 0 bridgehead atoms. The van der Waals surface area contributed by atoms with E-state index >= 15 is 0 Å². The normalized spacial score (nSPS) is 16.2. The topological polar surface area (TPSA) is 27.7 Å². The van der Waals surface area contributed by atoms with Crippen LogP contribution >= 0.6 is 43.7 Å². The van der Waals surface area contributed by atoms with Crippen LogP contribution in [-0.4, -0.2) is 24.0 Å². The lowest BCUT2D eigenvalue weighted by molar-refractivity contribution is 0.173. The molecule has 0 aromatic rings. The summed E-state index contributed by atoms with van der Waals surface area (Å²) in [7, 11) is -1.51. The van der Waals surface area contributed by atoms with Crippen molar-refractivity contribution in [1.82, 2.24) is 0 Å². The molecule has 0 aliphatic rings. The van der Waals surface area contributed by atoms with Gasteiger partial charge in [-0.3, -0.25) is 0 Å². The maximum Gasteiger partial charge on any atom is 0.350 e. The summed E-state index contributed by atoms with van der Waals surface area (Å²) in [5, 5.41) is -0.255. The molecular weight excluding hydrogens is 257 g/mol. The molecule has 7 heteroatoms. The van der Waals surface area contributed by atoms with E-state index in [1.165, 1.54) is 0 Å². The molecule has 2 unspecified atom stereocenters. The molecule has 0 rings (SSSR count). The van der Waals surface area contributed by atoms with Crippen LogP contribution in [0.5, 0.6) is 0 Å². The first-order valence-corrected chi connectivity index (χ1v) is 6.06. The summed E-state index contributed by atoms with van der Waals surface area (Å²) in [6, 6.07) is 0. The molecule has 2 atom stereocenters. The van der Waals surface area contributed by atoms with Gasteiger partial charge >= 0.3 is 8.60 Å². The molecule has 3 nitrogen and oxygen atoms in total. The first-order valence-electron chi connectivity index (χ1n) is 3.68. The summed E-state index contributed by atoms with van der Waals surface area (Å²) in [5.74, 6) is 0.314. The van der Waals surface area contributed by atoms with E-state index in [1.54, 1.807) is 0 Å². The quantitative estimate of drug-likeness (QED) is 0.521. The SMILES string of the molecule is CC(C)OP(OCl)OCC(Cl)CCl. The lowest BCUT2D eigenvalue weighted by Crippen LogP contribution is -2.10. The molecule has 0 saturated heterocycles. The Labute approximate surface area is 94.7 Å². The highest BCUT2D eigenvalue weighted by atomic mass is 35.5. The van der Waals surface area contributed by atoms with E-state index < -0.39 is 8.60 Å². The Hall–Kier alpha value is 1.18. The second kappa shape index (κ2) is 8.49. The van der Waals surface area contributed by atoms with Gasteiger partial charge < -0.3 is 9.05 Å². The summed E-state index contributed by atoms with van der Waals surface area (Å²) < 4.78 is 14.8. The van der Waals surface area contributed by atoms with E-state index in [0.29, 0.717) is 5.88 Å². The summed E-state index contributed by atoms with van der Waals surface area (Å²) in [6.07, 6.45) is -0.00496. The molecule has 0 aliphatic heterocycles. The van der Waals surface area contributed by atoms with Crippen molar-refractivity contribution in [1.29, 1.82) is 0 Å². The maximum absolute atomic E-state index is 5.70. The first-order chi connectivity index (χ1) is 6.10. The van der Waals surface area contributed by atoms with Crippen molar-refractivity contribution < 1.29 is 13.1 Å². The van der Waals surface area contributed by atoms with E-state index in [1.807, 2.05) is 13.8 Å². The zero-order valence-corrected chi connectivity index (χ0v) is 10.5. The molecule has 0 N–H and O–H groups in total. The molecule has 0 radical (unpaired) electrons. The third-order valence-electron chi connectivity index (χ3n) is 0.881. The zero-order chi connectivity index (χ0) is 10.3. The molecule has 13 heavy (non-hydrogen) atoms. The van der Waals surface area contributed by atoms with Crippen molar-refractivity contribution in [2.45, 2.75) is 25.3 Å². The third-order valence-corrected chi connectivity index (χ3v) is 3.10. The van der Waals surface area contributed by atoms with E-state index in [9.17, 15) is 0 Å². The monoisotopic (exact) mass is 268 g/mol. The van der Waals surface area contributed by atoms with Crippen LogP contribution in [-0.2, 0) is 13.1 Å². The zero-order valence-electron chi connectivity index (χ0n) is 7.37. The number of rotatable bonds is 7. The number of halogens is 3. The maximum atomic E-state index is 5.70. The van der Waals surface area contributed by atoms with Crippen LogP contribution in [0.1, 0.15) is 13.8 Å². The minimum absolute atomic E-state index is 0.00496. The van der Waals surface area contributed by atoms with Gasteiger partial charge in [0, 0.05) is 5.88 Å². The van der Waals surface area contributed by atoms with Gasteiger partial charge in [0.15, 0.2) is 0 Å². The average molecular weight is 269 g/mol. The van der Waals surface area contributed by atoms with Crippen molar-refractivity contribution in [2.75, 3.05) is 12.5 Å². The van der Waals surface area contributed by atoms with Crippen molar-refractivity contribution >= 4 is 43.7 Å². The van der Waals surface area contributed by atoms with Gasteiger partial charge in [0.25, 0.3) is 0 Å². The molecular formula is C6H12Cl3O3P. The molecule has 0 saturated carbocycles. The van der Waals surface area contributed by atoms with Gasteiger partial charge in [-0.1, -0.05) is 0 Å². The van der Waals surface area contributed by atoms with Gasteiger partial charge in [0.2, 0.25) is 0 Å². The van der Waals surface area contributed by atoms with Gasteiger partial charge in [-0.05, 0) is 13.8 Å². The molecule has 0 fully saturated rings. The Bertz CT molecular complexity index is 128. The summed E-state index contributed by atoms with van der Waals surface area (Å²) in [6.45, 7) is 3.97. The average Bonchev–Trinajstić information content (AvgIpc) is 2.10. The molecule has 0 aromatic heterocycles. The lowest BCUT2D eigenvalue weighted by atomic mass is 10.5. The summed E-state index contributed by atoms with van der Waals surface area (Å²) >= 11 is 16.3. The highest BCUT2D eigenvalue weighted by Gasteiger charge is 2.16. The van der Waals surface area contributed by atoms with Crippen molar-refractivity contribution in [3.05, 3.63) is 0 Å². The van der Waals surface area contributed by atoms with Crippen molar-refractivity contribution in [3.63, 3.8) is 0 Å². The molecule has 0 amide bonds. The van der Waals surface area contributed by atoms with Crippen molar-refractivity contribution in [2.24, 2.45) is 0 Å². The largest absolute Gasteiger partial charge is 0.350 e. The predicted molar refractivity (Wildman–Crippen MR) is 56.4 cm³/mol. The van der Waals surface area contributed by atoms with Gasteiger partial charge in [0.1, 0.15) is 0 Å². The number of hydrogen-bond acceptors (Lipinski definition) is 3. The lowest BCUT2D eigenvalue weighted by Gasteiger charge is -2.15. The van der Waals surface area contributed by atoms with Crippen molar-refractivity contribution in [3.8, 4) is 0 Å². The molecule has 80 valence electrons. The minimum atomic E-state index is -1.51. The summed E-state index contributed by atoms with van der Waals surface area (Å²) in [4.78, 5) is 0. The standard InChI is InChI=1S/C6H12Cl3O3P/c1-5(2)11-13(12-9)10-4-6(8)3-7/h5-6H,3-4H2,1-2H3. The highest BCUT2D eigenvalue weighted by Crippen LogP contribution is 2.42. The van der Waals surface area contributed by atoms with E-state index in [2.05, 4.69) is 4.08 Å². The Morgan fingerprint density at radius 2 is 2.00 bits per heavy atom. The Morgan fingerprint density at radius 1 is 1.38 bits per heavy atom. The molecule has 0 aromatic carbocycles. The van der Waals surface area contributed by atoms with Crippen LogP contribution in [0.2, 0.25) is 0 Å². The van der Waals surface area contributed by atoms with E-state index in [4.69, 9.17) is 44.1 Å². The first kappa shape index (κ1) is 14.2. The molecule has 0 aliphatic carbocycles. The predicted octanol–water partition coefficient (Wildman–Crippen LogP) is 3.67. The Morgan fingerprint density at radius 3 is 2.38 bits per heavy atom. The smallest absolute Gasteiger partial charge is 0.310 e. The van der Waals surface area contributed by atoms with Gasteiger partial charge in [0.05, 0.1) is 30.0 Å². The molecule has 0 heterocycles. The summed E-state index contributed by atoms with van der Waals surface area (Å²) in [5.41, 5.74) is 0. The second-order valence-corrected chi connectivity index (χ2v) is 4.89. The fourth-order valence-electron chi connectivity index (χ4n) is 0.425. The molecule has 0 spiro atoms. The van der Waals surface area contributed by atoms with Crippen LogP contribution in [0, 0.1) is 0 Å². The van der Waals surface area contributed by atoms with Crippen LogP contribution in [0.25, 0.3) is 0 Å². The highest BCUT2D eigenvalue weighted by molar-refractivity contribution is 7.42. The van der Waals surface area contributed by atoms with Gasteiger partial charge in [-0.2, -0.15) is 4.08 Å². The van der Waals surface area contributed by atoms with Crippen LogP contribution in [0.4, 0.5) is 0 Å². The Kier molecular flexibility index (Phi) is 9.26. The van der Waals surface area contributed by atoms with Crippen LogP contribution in [0.3, 0.4) is 0 Å².